The number of nitrogens with one attached hydrogen (secondary N) is 1. The molecule has 2 aromatic rings. The van der Waals surface area contributed by atoms with Gasteiger partial charge in [-0.3, -0.25) is 0 Å². The molecule has 0 spiro atoms. The molecule has 2 nitrogen and oxygen atoms in total. The molecule has 2 N–H and O–H groups in total. The van der Waals surface area contributed by atoms with Crippen molar-refractivity contribution in [1.82, 2.24) is 0 Å². The molecule has 2 heteroatoms. The fraction of sp³-hybridized carbons (Fsp3) is 0.294. The van der Waals surface area contributed by atoms with Crippen molar-refractivity contribution >= 4 is 5.69 Å². The van der Waals surface area contributed by atoms with Crippen molar-refractivity contribution in [3.8, 4) is 0 Å². The maximum absolute atomic E-state index is 9.04. The molecule has 0 saturated heterocycles. The summed E-state index contributed by atoms with van der Waals surface area (Å²) in [7, 11) is 0. The normalized spacial score (nSPS) is 17.8. The molecule has 3 rings (SSSR count). The molecule has 1 aliphatic rings. The van der Waals surface area contributed by atoms with Crippen LogP contribution >= 0.6 is 0 Å². The summed E-state index contributed by atoms with van der Waals surface area (Å²) >= 11 is 0. The van der Waals surface area contributed by atoms with Crippen molar-refractivity contribution in [3.63, 3.8) is 0 Å². The van der Waals surface area contributed by atoms with Crippen LogP contribution in [0.2, 0.25) is 0 Å². The Balaban J connectivity index is 1.68. The van der Waals surface area contributed by atoms with E-state index in [1.54, 1.807) is 0 Å². The lowest BCUT2D eigenvalue weighted by Gasteiger charge is -2.26. The van der Waals surface area contributed by atoms with Gasteiger partial charge in [-0.2, -0.15) is 0 Å². The average Bonchev–Trinajstić information content (AvgIpc) is 2.48. The van der Waals surface area contributed by atoms with E-state index in [0.29, 0.717) is 6.04 Å². The first-order chi connectivity index (χ1) is 9.35. The molecule has 1 atom stereocenters. The Morgan fingerprint density at radius 3 is 2.47 bits per heavy atom. The maximum Gasteiger partial charge on any atom is 0.0681 e. The van der Waals surface area contributed by atoms with Crippen molar-refractivity contribution < 1.29 is 5.11 Å². The minimum absolute atomic E-state index is 0.108. The molecule has 0 aromatic heterocycles. The lowest BCUT2D eigenvalue weighted by molar-refractivity contribution is 0.282. The quantitative estimate of drug-likeness (QED) is 0.880. The van der Waals surface area contributed by atoms with E-state index in [9.17, 15) is 0 Å². The molecule has 0 saturated carbocycles. The van der Waals surface area contributed by atoms with E-state index in [0.717, 1.165) is 24.1 Å². The number of anilines is 1. The van der Waals surface area contributed by atoms with Gasteiger partial charge in [0.2, 0.25) is 0 Å². The van der Waals surface area contributed by atoms with Crippen LogP contribution in [-0.2, 0) is 19.4 Å². The third-order valence-corrected chi connectivity index (χ3v) is 3.85. The summed E-state index contributed by atoms with van der Waals surface area (Å²) in [5, 5.41) is 12.6. The fourth-order valence-corrected chi connectivity index (χ4v) is 2.76. The summed E-state index contributed by atoms with van der Waals surface area (Å²) < 4.78 is 0. The molecule has 0 radical (unpaired) electrons. The second kappa shape index (κ2) is 5.45. The Kier molecular flexibility index (Phi) is 3.51. The zero-order valence-corrected chi connectivity index (χ0v) is 11.0. The van der Waals surface area contributed by atoms with E-state index in [4.69, 9.17) is 5.11 Å². The van der Waals surface area contributed by atoms with Crippen molar-refractivity contribution in [2.45, 2.75) is 31.9 Å². The van der Waals surface area contributed by atoms with Gasteiger partial charge in [0, 0.05) is 11.7 Å². The molecule has 19 heavy (non-hydrogen) atoms. The highest BCUT2D eigenvalue weighted by molar-refractivity contribution is 5.46. The Morgan fingerprint density at radius 2 is 1.74 bits per heavy atom. The summed E-state index contributed by atoms with van der Waals surface area (Å²) in [6, 6.07) is 17.3. The molecule has 0 aliphatic heterocycles. The summed E-state index contributed by atoms with van der Waals surface area (Å²) in [4.78, 5) is 0. The molecule has 0 fully saturated rings. The molecule has 0 bridgehead atoms. The zero-order valence-electron chi connectivity index (χ0n) is 11.0. The van der Waals surface area contributed by atoms with Crippen LogP contribution in [0, 0.1) is 0 Å². The van der Waals surface area contributed by atoms with Crippen LogP contribution in [0.25, 0.3) is 0 Å². The topological polar surface area (TPSA) is 32.3 Å². The average molecular weight is 253 g/mol. The van der Waals surface area contributed by atoms with Crippen LogP contribution in [0.3, 0.4) is 0 Å². The Labute approximate surface area is 114 Å². The van der Waals surface area contributed by atoms with E-state index in [2.05, 4.69) is 29.6 Å². The number of aliphatic hydroxyl groups is 1. The van der Waals surface area contributed by atoms with E-state index >= 15 is 0 Å². The molecule has 1 aliphatic carbocycles. The highest BCUT2D eigenvalue weighted by atomic mass is 16.3. The van der Waals surface area contributed by atoms with Gasteiger partial charge in [0.15, 0.2) is 0 Å². The predicted molar refractivity (Wildman–Crippen MR) is 78.2 cm³/mol. The first-order valence-electron chi connectivity index (χ1n) is 6.88. The van der Waals surface area contributed by atoms with Crippen LogP contribution in [0.4, 0.5) is 5.69 Å². The number of aryl methyl sites for hydroxylation is 1. The number of hydrogen-bond acceptors (Lipinski definition) is 2. The number of rotatable bonds is 3. The standard InChI is InChI=1S/C17H19NO/c19-12-13-5-8-16(9-6-13)18-17-10-7-14-3-1-2-4-15(14)11-17/h1-6,8-9,17-19H,7,10-12H2. The summed E-state index contributed by atoms with van der Waals surface area (Å²) in [5.74, 6) is 0. The maximum atomic E-state index is 9.04. The van der Waals surface area contributed by atoms with Crippen molar-refractivity contribution in [2.75, 3.05) is 5.32 Å². The molecule has 1 unspecified atom stereocenters. The van der Waals surface area contributed by atoms with E-state index in [1.165, 1.54) is 17.5 Å². The summed E-state index contributed by atoms with van der Waals surface area (Å²) in [6.45, 7) is 0.108. The molecule has 2 aromatic carbocycles. The van der Waals surface area contributed by atoms with Gasteiger partial charge in [0.25, 0.3) is 0 Å². The fourth-order valence-electron chi connectivity index (χ4n) is 2.76. The van der Waals surface area contributed by atoms with Crippen molar-refractivity contribution in [3.05, 3.63) is 65.2 Å². The van der Waals surface area contributed by atoms with Gasteiger partial charge >= 0.3 is 0 Å². The highest BCUT2D eigenvalue weighted by Crippen LogP contribution is 2.23. The van der Waals surface area contributed by atoms with Gasteiger partial charge in [0.05, 0.1) is 6.61 Å². The van der Waals surface area contributed by atoms with Crippen molar-refractivity contribution in [2.24, 2.45) is 0 Å². The second-order valence-corrected chi connectivity index (χ2v) is 5.21. The third-order valence-electron chi connectivity index (χ3n) is 3.85. The van der Waals surface area contributed by atoms with Gasteiger partial charge in [0.1, 0.15) is 0 Å². The largest absolute Gasteiger partial charge is 0.392 e. The first-order valence-corrected chi connectivity index (χ1v) is 6.88. The molecule has 0 amide bonds. The monoisotopic (exact) mass is 253 g/mol. The van der Waals surface area contributed by atoms with Crippen LogP contribution in [0.15, 0.2) is 48.5 Å². The van der Waals surface area contributed by atoms with Gasteiger partial charge in [-0.05, 0) is 48.1 Å². The predicted octanol–water partition coefficient (Wildman–Crippen LogP) is 3.15. The number of fused-ring (bicyclic) bond motifs is 1. The lowest BCUT2D eigenvalue weighted by Crippen LogP contribution is -2.27. The van der Waals surface area contributed by atoms with Gasteiger partial charge in [-0.1, -0.05) is 36.4 Å². The zero-order chi connectivity index (χ0) is 13.1. The van der Waals surface area contributed by atoms with Gasteiger partial charge in [-0.15, -0.1) is 0 Å². The minimum atomic E-state index is 0.108. The van der Waals surface area contributed by atoms with Crippen LogP contribution in [0.5, 0.6) is 0 Å². The number of hydrogen-bond donors (Lipinski definition) is 2. The molecule has 0 heterocycles. The number of benzene rings is 2. The van der Waals surface area contributed by atoms with Crippen molar-refractivity contribution in [1.29, 1.82) is 0 Å². The van der Waals surface area contributed by atoms with Gasteiger partial charge in [-0.25, -0.2) is 0 Å². The first kappa shape index (κ1) is 12.2. The Morgan fingerprint density at radius 1 is 1.00 bits per heavy atom. The van der Waals surface area contributed by atoms with E-state index in [1.807, 2.05) is 24.3 Å². The molecular weight excluding hydrogens is 234 g/mol. The SMILES string of the molecule is OCc1ccc(NC2CCc3ccccc3C2)cc1. The second-order valence-electron chi connectivity index (χ2n) is 5.21. The Bertz CT molecular complexity index is 547. The number of aliphatic hydroxyl groups excluding tert-OH is 1. The lowest BCUT2D eigenvalue weighted by atomic mass is 9.88. The summed E-state index contributed by atoms with van der Waals surface area (Å²) in [6.07, 6.45) is 3.43. The van der Waals surface area contributed by atoms with Gasteiger partial charge < -0.3 is 10.4 Å². The molecule has 98 valence electrons. The third kappa shape index (κ3) is 2.79. The van der Waals surface area contributed by atoms with Crippen LogP contribution in [-0.4, -0.2) is 11.1 Å². The minimum Gasteiger partial charge on any atom is -0.392 e. The molecular formula is C17H19NO. The van der Waals surface area contributed by atoms with E-state index in [-0.39, 0.29) is 6.61 Å². The van der Waals surface area contributed by atoms with Crippen LogP contribution in [0.1, 0.15) is 23.1 Å². The van der Waals surface area contributed by atoms with E-state index < -0.39 is 0 Å². The smallest absolute Gasteiger partial charge is 0.0681 e. The summed E-state index contributed by atoms with van der Waals surface area (Å²) in [5.41, 5.74) is 5.07. The highest BCUT2D eigenvalue weighted by Gasteiger charge is 2.17. The van der Waals surface area contributed by atoms with Crippen LogP contribution < -0.4 is 5.32 Å². The Hall–Kier alpha value is -1.80.